The number of rotatable bonds is 7. The van der Waals surface area contributed by atoms with Gasteiger partial charge in [0.2, 0.25) is 0 Å². The molecule has 3 aromatic rings. The molecule has 0 aliphatic heterocycles. The van der Waals surface area contributed by atoms with Crippen LogP contribution in [0.5, 0.6) is 0 Å². The zero-order chi connectivity index (χ0) is 20.0. The maximum atomic E-state index is 12.7. The van der Waals surface area contributed by atoms with E-state index in [1.54, 1.807) is 48.5 Å². The quantitative estimate of drug-likeness (QED) is 0.572. The number of carbonyl (C=O) groups is 1. The van der Waals surface area contributed by atoms with Gasteiger partial charge in [-0.3, -0.25) is 9.52 Å². The third-order valence-corrected chi connectivity index (χ3v) is 6.21. The van der Waals surface area contributed by atoms with Crippen molar-refractivity contribution in [3.63, 3.8) is 0 Å². The third kappa shape index (κ3) is 4.94. The number of amides is 1. The number of thioether (sulfide) groups is 1. The zero-order valence-electron chi connectivity index (χ0n) is 15.3. The van der Waals surface area contributed by atoms with E-state index in [1.807, 2.05) is 36.6 Å². The molecule has 1 amide bonds. The molecule has 0 unspecified atom stereocenters. The van der Waals surface area contributed by atoms with Gasteiger partial charge in [-0.05, 0) is 48.2 Å². The van der Waals surface area contributed by atoms with Gasteiger partial charge in [-0.1, -0.05) is 42.5 Å². The number of para-hydroxylation sites is 1. The average molecular weight is 413 g/mol. The summed E-state index contributed by atoms with van der Waals surface area (Å²) in [5.41, 5.74) is 1.47. The maximum absolute atomic E-state index is 12.7. The molecule has 0 radical (unpaired) electrons. The van der Waals surface area contributed by atoms with Crippen molar-refractivity contribution in [2.24, 2.45) is 0 Å². The van der Waals surface area contributed by atoms with E-state index in [0.717, 1.165) is 10.5 Å². The second kappa shape index (κ2) is 8.95. The molecule has 5 nitrogen and oxygen atoms in total. The Bertz CT molecular complexity index is 1050. The minimum atomic E-state index is -3.80. The molecule has 7 heteroatoms. The Morgan fingerprint density at radius 1 is 0.893 bits per heavy atom. The predicted octanol–water partition coefficient (Wildman–Crippen LogP) is 4.14. The van der Waals surface area contributed by atoms with Crippen molar-refractivity contribution in [1.82, 2.24) is 5.32 Å². The van der Waals surface area contributed by atoms with E-state index in [0.29, 0.717) is 6.54 Å². The molecule has 0 aliphatic rings. The first kappa shape index (κ1) is 20.0. The molecular formula is C21H20N2O3S2. The lowest BCUT2D eigenvalue weighted by atomic mass is 10.1. The number of anilines is 1. The SMILES string of the molecule is CSc1ccc(S(=O)(=O)Nc2ccccc2C(=O)NCc2ccccc2)cc1. The van der Waals surface area contributed by atoms with Crippen molar-refractivity contribution in [3.05, 3.63) is 90.0 Å². The van der Waals surface area contributed by atoms with E-state index in [-0.39, 0.29) is 22.1 Å². The lowest BCUT2D eigenvalue weighted by Crippen LogP contribution is -2.25. The molecule has 3 rings (SSSR count). The number of hydrogen-bond donors (Lipinski definition) is 2. The van der Waals surface area contributed by atoms with E-state index in [1.165, 1.54) is 11.8 Å². The maximum Gasteiger partial charge on any atom is 0.261 e. The van der Waals surface area contributed by atoms with Gasteiger partial charge in [0.25, 0.3) is 15.9 Å². The fourth-order valence-electron chi connectivity index (χ4n) is 2.60. The highest BCUT2D eigenvalue weighted by molar-refractivity contribution is 7.98. The monoisotopic (exact) mass is 412 g/mol. The van der Waals surface area contributed by atoms with E-state index < -0.39 is 10.0 Å². The van der Waals surface area contributed by atoms with Gasteiger partial charge in [0, 0.05) is 11.4 Å². The molecule has 3 aromatic carbocycles. The van der Waals surface area contributed by atoms with E-state index >= 15 is 0 Å². The van der Waals surface area contributed by atoms with Gasteiger partial charge < -0.3 is 5.32 Å². The van der Waals surface area contributed by atoms with Crippen molar-refractivity contribution in [3.8, 4) is 0 Å². The molecule has 0 aromatic heterocycles. The highest BCUT2D eigenvalue weighted by atomic mass is 32.2. The molecule has 0 spiro atoms. The second-order valence-corrected chi connectivity index (χ2v) is 8.56. The van der Waals surface area contributed by atoms with Crippen LogP contribution in [0.15, 0.2) is 88.7 Å². The smallest absolute Gasteiger partial charge is 0.261 e. The summed E-state index contributed by atoms with van der Waals surface area (Å²) < 4.78 is 27.9. The van der Waals surface area contributed by atoms with Gasteiger partial charge >= 0.3 is 0 Å². The van der Waals surface area contributed by atoms with Crippen molar-refractivity contribution in [1.29, 1.82) is 0 Å². The normalized spacial score (nSPS) is 11.0. The first-order valence-corrected chi connectivity index (χ1v) is 11.3. The van der Waals surface area contributed by atoms with Crippen LogP contribution in [0.2, 0.25) is 0 Å². The van der Waals surface area contributed by atoms with E-state index in [9.17, 15) is 13.2 Å². The van der Waals surface area contributed by atoms with Gasteiger partial charge in [0.05, 0.1) is 16.1 Å². The minimum absolute atomic E-state index is 0.143. The largest absolute Gasteiger partial charge is 0.348 e. The van der Waals surface area contributed by atoms with Crippen LogP contribution in [0.1, 0.15) is 15.9 Å². The van der Waals surface area contributed by atoms with Crippen LogP contribution in [0.3, 0.4) is 0 Å². The Morgan fingerprint density at radius 3 is 2.21 bits per heavy atom. The molecule has 0 bridgehead atoms. The number of carbonyl (C=O) groups excluding carboxylic acids is 1. The van der Waals surface area contributed by atoms with E-state index in [2.05, 4.69) is 10.0 Å². The Balaban J connectivity index is 1.78. The topological polar surface area (TPSA) is 75.3 Å². The fraction of sp³-hybridized carbons (Fsp3) is 0.0952. The summed E-state index contributed by atoms with van der Waals surface area (Å²) in [4.78, 5) is 13.7. The Labute approximate surface area is 169 Å². The van der Waals surface area contributed by atoms with Crippen LogP contribution in [0.4, 0.5) is 5.69 Å². The second-order valence-electron chi connectivity index (χ2n) is 5.99. The van der Waals surface area contributed by atoms with Crippen LogP contribution in [0.25, 0.3) is 0 Å². The molecular weight excluding hydrogens is 392 g/mol. The first-order chi connectivity index (χ1) is 13.5. The van der Waals surface area contributed by atoms with Crippen molar-refractivity contribution < 1.29 is 13.2 Å². The summed E-state index contributed by atoms with van der Waals surface area (Å²) in [6, 6.07) is 22.7. The van der Waals surface area contributed by atoms with Crippen molar-refractivity contribution >= 4 is 33.4 Å². The lowest BCUT2D eigenvalue weighted by Gasteiger charge is -2.13. The van der Waals surface area contributed by atoms with Crippen LogP contribution in [0, 0.1) is 0 Å². The van der Waals surface area contributed by atoms with Crippen molar-refractivity contribution in [2.75, 3.05) is 11.0 Å². The zero-order valence-corrected chi connectivity index (χ0v) is 16.9. The fourth-order valence-corrected chi connectivity index (χ4v) is 4.09. The predicted molar refractivity (Wildman–Crippen MR) is 113 cm³/mol. The molecule has 28 heavy (non-hydrogen) atoms. The summed E-state index contributed by atoms with van der Waals surface area (Å²) in [5.74, 6) is -0.347. The van der Waals surface area contributed by atoms with E-state index in [4.69, 9.17) is 0 Å². The first-order valence-electron chi connectivity index (χ1n) is 8.57. The molecule has 0 atom stereocenters. The molecule has 0 saturated heterocycles. The number of sulfonamides is 1. The average Bonchev–Trinajstić information content (AvgIpc) is 2.73. The number of nitrogens with one attached hydrogen (secondary N) is 2. The Hall–Kier alpha value is -2.77. The Morgan fingerprint density at radius 2 is 1.54 bits per heavy atom. The highest BCUT2D eigenvalue weighted by Gasteiger charge is 2.18. The van der Waals surface area contributed by atoms with Crippen LogP contribution >= 0.6 is 11.8 Å². The summed E-state index contributed by atoms with van der Waals surface area (Å²) >= 11 is 1.53. The highest BCUT2D eigenvalue weighted by Crippen LogP contribution is 2.22. The third-order valence-electron chi connectivity index (χ3n) is 4.08. The number of benzene rings is 3. The lowest BCUT2D eigenvalue weighted by molar-refractivity contribution is 0.0952. The number of hydrogen-bond acceptors (Lipinski definition) is 4. The molecule has 0 aliphatic carbocycles. The molecule has 2 N–H and O–H groups in total. The van der Waals surface area contributed by atoms with Crippen LogP contribution < -0.4 is 10.0 Å². The molecule has 0 saturated carbocycles. The van der Waals surface area contributed by atoms with Gasteiger partial charge in [0.15, 0.2) is 0 Å². The molecule has 144 valence electrons. The summed E-state index contributed by atoms with van der Waals surface area (Å²) in [7, 11) is -3.80. The van der Waals surface area contributed by atoms with Gasteiger partial charge in [0.1, 0.15) is 0 Å². The summed E-state index contributed by atoms with van der Waals surface area (Å²) in [6.45, 7) is 0.358. The van der Waals surface area contributed by atoms with Crippen molar-refractivity contribution in [2.45, 2.75) is 16.3 Å². The summed E-state index contributed by atoms with van der Waals surface area (Å²) in [6.07, 6.45) is 1.92. The standard InChI is InChI=1S/C21H20N2O3S2/c1-27-17-11-13-18(14-12-17)28(25,26)23-20-10-6-5-9-19(20)21(24)22-15-16-7-3-2-4-8-16/h2-14,23H,15H2,1H3,(H,22,24). The van der Waals surface area contributed by atoms with Gasteiger partial charge in [-0.15, -0.1) is 11.8 Å². The Kier molecular flexibility index (Phi) is 6.38. The van der Waals surface area contributed by atoms with Gasteiger partial charge in [-0.2, -0.15) is 0 Å². The van der Waals surface area contributed by atoms with Crippen LogP contribution in [-0.2, 0) is 16.6 Å². The van der Waals surface area contributed by atoms with Gasteiger partial charge in [-0.25, -0.2) is 8.42 Å². The summed E-state index contributed by atoms with van der Waals surface area (Å²) in [5, 5.41) is 2.82. The van der Waals surface area contributed by atoms with Crippen LogP contribution in [-0.4, -0.2) is 20.6 Å². The minimum Gasteiger partial charge on any atom is -0.348 e. The molecule has 0 heterocycles. The molecule has 0 fully saturated rings.